The Kier molecular flexibility index (Phi) is 8.02. The maximum absolute atomic E-state index is 13.4. The summed E-state index contributed by atoms with van der Waals surface area (Å²) in [5.74, 6) is 0.466. The van der Waals surface area contributed by atoms with Gasteiger partial charge in [-0.25, -0.2) is 0 Å². The summed E-state index contributed by atoms with van der Waals surface area (Å²) < 4.78 is 5.31. The number of unbranched alkanes of at least 4 members (excludes halogenated alkanes) is 1. The predicted molar refractivity (Wildman–Crippen MR) is 188 cm³/mol. The molecule has 3 unspecified atom stereocenters. The van der Waals surface area contributed by atoms with Crippen molar-refractivity contribution in [2.75, 3.05) is 13.6 Å². The minimum atomic E-state index is -0.0799. The lowest BCUT2D eigenvalue weighted by molar-refractivity contribution is 0.0967. The van der Waals surface area contributed by atoms with E-state index in [0.29, 0.717) is 18.5 Å². The Labute approximate surface area is 261 Å². The number of para-hydroxylation sites is 2. The monoisotopic (exact) mass is 586 g/mol. The molecule has 5 aromatic rings. The highest BCUT2D eigenvalue weighted by atomic mass is 16.1. The molecule has 0 saturated heterocycles. The number of hydrogen-bond acceptors (Lipinski definition) is 2. The molecule has 1 aliphatic carbocycles. The van der Waals surface area contributed by atoms with Gasteiger partial charge >= 0.3 is 0 Å². The van der Waals surface area contributed by atoms with Crippen molar-refractivity contribution in [3.05, 3.63) is 97.1 Å². The number of nitrogens with zero attached hydrogens (tertiary/aromatic N) is 2. The van der Waals surface area contributed by atoms with Crippen molar-refractivity contribution in [2.45, 2.75) is 71.0 Å². The molecule has 5 heteroatoms. The summed E-state index contributed by atoms with van der Waals surface area (Å²) in [6.45, 7) is 19.6. The minimum Gasteiger partial charge on any atom is -0.348 e. The molecule has 4 heterocycles. The maximum Gasteiger partial charge on any atom is 0.252 e. The topological polar surface area (TPSA) is 51.0 Å². The lowest BCUT2D eigenvalue weighted by Gasteiger charge is -2.36. The fourth-order valence-corrected chi connectivity index (χ4v) is 8.50. The Morgan fingerprint density at radius 3 is 2.34 bits per heavy atom. The number of nitrogens with one attached hydrogen (secondary N) is 2. The van der Waals surface area contributed by atoms with Gasteiger partial charge in [0.2, 0.25) is 0 Å². The van der Waals surface area contributed by atoms with Gasteiger partial charge in [0.05, 0.1) is 22.1 Å². The molecular formula is C39H46N4O. The van der Waals surface area contributed by atoms with Crippen LogP contribution < -0.4 is 10.6 Å². The standard InChI is InChI=1S/C33H34N4O.C4H6.C2H6/c1-19(10-8-9-15-34-3)24-16-20-17-33(24,2)37-26-14-7-5-12-22(26)27-23-18-35-32(38)29(23)28-21-11-4-6-13-25(21)36(20)30(28)31(27)37;1-3-4-2;1-2/h4-7,11-14,20,24,34H,1,8-10,15-18H2,2-3H3,(H,35,38);3-4H,1-2H2;1-2H3. The van der Waals surface area contributed by atoms with Crippen molar-refractivity contribution < 1.29 is 4.79 Å². The molecule has 3 atom stereocenters. The van der Waals surface area contributed by atoms with Gasteiger partial charge in [0, 0.05) is 51.1 Å². The molecule has 0 spiro atoms. The molecule has 1 saturated carbocycles. The first-order valence-electron chi connectivity index (χ1n) is 16.3. The van der Waals surface area contributed by atoms with Gasteiger partial charge in [0.1, 0.15) is 0 Å². The highest BCUT2D eigenvalue weighted by molar-refractivity contribution is 6.31. The lowest BCUT2D eigenvalue weighted by atomic mass is 9.81. The maximum atomic E-state index is 13.4. The number of fused-ring (bicyclic) bond motifs is 13. The zero-order valence-corrected chi connectivity index (χ0v) is 26.8. The zero-order valence-electron chi connectivity index (χ0n) is 26.8. The predicted octanol–water partition coefficient (Wildman–Crippen LogP) is 9.16. The third-order valence-corrected chi connectivity index (χ3v) is 10.1. The molecule has 228 valence electrons. The van der Waals surface area contributed by atoms with Crippen molar-refractivity contribution in [3.8, 4) is 0 Å². The fraction of sp³-hybridized carbons (Fsp3) is 0.359. The van der Waals surface area contributed by atoms with Crippen molar-refractivity contribution in [2.24, 2.45) is 5.92 Å². The van der Waals surface area contributed by atoms with Gasteiger partial charge in [0.25, 0.3) is 5.91 Å². The van der Waals surface area contributed by atoms with Crippen LogP contribution >= 0.6 is 0 Å². The van der Waals surface area contributed by atoms with Gasteiger partial charge in [-0.2, -0.15) is 0 Å². The second kappa shape index (κ2) is 11.8. The summed E-state index contributed by atoms with van der Waals surface area (Å²) >= 11 is 0. The Hall–Kier alpha value is -4.09. The van der Waals surface area contributed by atoms with E-state index in [-0.39, 0.29) is 11.4 Å². The van der Waals surface area contributed by atoms with E-state index in [1.54, 1.807) is 12.2 Å². The number of carbonyl (C=O) groups excluding carboxylic acids is 1. The number of rotatable bonds is 7. The fourth-order valence-electron chi connectivity index (χ4n) is 8.50. The van der Waals surface area contributed by atoms with E-state index in [4.69, 9.17) is 6.58 Å². The molecule has 5 nitrogen and oxygen atoms in total. The SMILES string of the molecule is C=C(CCCCNC)C1CC2CC1(C)n1c3ccccc3c3c4c(c5c6ccccc6n2c5c31)C(=O)NC4.C=CC=C.CC. The van der Waals surface area contributed by atoms with Crippen LogP contribution in [0, 0.1) is 5.92 Å². The van der Waals surface area contributed by atoms with Crippen LogP contribution in [0.2, 0.25) is 0 Å². The molecule has 8 rings (SSSR count). The molecule has 3 aliphatic rings. The Balaban J connectivity index is 0.000000532. The van der Waals surface area contributed by atoms with Crippen LogP contribution in [0.15, 0.2) is 86.0 Å². The number of hydrogen-bond donors (Lipinski definition) is 2. The van der Waals surface area contributed by atoms with Crippen molar-refractivity contribution >= 4 is 49.5 Å². The summed E-state index contributed by atoms with van der Waals surface area (Å²) in [7, 11) is 2.03. The molecule has 1 amide bonds. The molecule has 2 aromatic heterocycles. The van der Waals surface area contributed by atoms with Gasteiger partial charge < -0.3 is 19.8 Å². The Morgan fingerprint density at radius 2 is 1.66 bits per heavy atom. The van der Waals surface area contributed by atoms with E-state index >= 15 is 0 Å². The molecule has 3 aromatic carbocycles. The van der Waals surface area contributed by atoms with Gasteiger partial charge in [-0.05, 0) is 70.3 Å². The third-order valence-electron chi connectivity index (χ3n) is 10.1. The van der Waals surface area contributed by atoms with Crippen molar-refractivity contribution in [1.82, 2.24) is 19.8 Å². The number of benzene rings is 3. The smallest absolute Gasteiger partial charge is 0.252 e. The molecule has 1 fully saturated rings. The average Bonchev–Trinajstić information content (AvgIpc) is 3.77. The normalized spacial score (nSPS) is 21.0. The first-order valence-corrected chi connectivity index (χ1v) is 16.3. The van der Waals surface area contributed by atoms with Crippen LogP contribution in [0.3, 0.4) is 0 Å². The molecule has 2 N–H and O–H groups in total. The molecule has 2 aliphatic heterocycles. The second-order valence-electron chi connectivity index (χ2n) is 12.4. The van der Waals surface area contributed by atoms with Gasteiger partial charge in [-0.3, -0.25) is 4.79 Å². The van der Waals surface area contributed by atoms with Gasteiger partial charge in [0.15, 0.2) is 0 Å². The minimum absolute atomic E-state index is 0.0649. The summed E-state index contributed by atoms with van der Waals surface area (Å²) in [5, 5.41) is 11.3. The molecule has 2 bridgehead atoms. The number of amides is 1. The van der Waals surface area contributed by atoms with E-state index in [0.717, 1.165) is 36.8 Å². The van der Waals surface area contributed by atoms with Crippen LogP contribution in [-0.4, -0.2) is 28.6 Å². The van der Waals surface area contributed by atoms with Crippen molar-refractivity contribution in [3.63, 3.8) is 0 Å². The van der Waals surface area contributed by atoms with Crippen LogP contribution in [0.5, 0.6) is 0 Å². The van der Waals surface area contributed by atoms with E-state index in [9.17, 15) is 4.79 Å². The molecule has 44 heavy (non-hydrogen) atoms. The van der Waals surface area contributed by atoms with Gasteiger partial charge in [-0.15, -0.1) is 0 Å². The van der Waals surface area contributed by atoms with E-state index < -0.39 is 0 Å². The third kappa shape index (κ3) is 4.20. The lowest BCUT2D eigenvalue weighted by Crippen LogP contribution is -2.34. The van der Waals surface area contributed by atoms with Crippen LogP contribution in [-0.2, 0) is 12.1 Å². The second-order valence-corrected chi connectivity index (χ2v) is 12.4. The average molecular weight is 587 g/mol. The van der Waals surface area contributed by atoms with E-state index in [1.807, 2.05) is 20.9 Å². The molecule has 0 radical (unpaired) electrons. The largest absolute Gasteiger partial charge is 0.348 e. The summed E-state index contributed by atoms with van der Waals surface area (Å²) in [5.41, 5.74) is 8.47. The van der Waals surface area contributed by atoms with Crippen LogP contribution in [0.1, 0.15) is 74.8 Å². The Bertz CT molecular complexity index is 1930. The first-order chi connectivity index (χ1) is 21.5. The van der Waals surface area contributed by atoms with E-state index in [1.165, 1.54) is 62.2 Å². The van der Waals surface area contributed by atoms with Crippen molar-refractivity contribution in [1.29, 1.82) is 0 Å². The van der Waals surface area contributed by atoms with Crippen LogP contribution in [0.4, 0.5) is 0 Å². The van der Waals surface area contributed by atoms with Gasteiger partial charge in [-0.1, -0.05) is 87.7 Å². The summed E-state index contributed by atoms with van der Waals surface area (Å²) in [6.07, 6.45) is 8.87. The van der Waals surface area contributed by atoms with Crippen LogP contribution in [0.25, 0.3) is 43.6 Å². The number of allylic oxidation sites excluding steroid dienone is 3. The first kappa shape index (κ1) is 30.0. The number of carbonyl (C=O) groups is 1. The zero-order chi connectivity index (χ0) is 31.2. The summed E-state index contributed by atoms with van der Waals surface area (Å²) in [6, 6.07) is 18.0. The highest BCUT2D eigenvalue weighted by Crippen LogP contribution is 2.59. The van der Waals surface area contributed by atoms with E-state index in [2.05, 4.69) is 88.4 Å². The number of aromatic nitrogens is 2. The highest BCUT2D eigenvalue weighted by Gasteiger charge is 2.51. The summed E-state index contributed by atoms with van der Waals surface area (Å²) in [4.78, 5) is 13.4. The molecular weight excluding hydrogens is 540 g/mol. The quantitative estimate of drug-likeness (QED) is 0.113. The Morgan fingerprint density at radius 1 is 1.00 bits per heavy atom.